The Balaban J connectivity index is 2.34. The van der Waals surface area contributed by atoms with Crippen LogP contribution in [-0.2, 0) is 9.53 Å². The molecule has 18 heavy (non-hydrogen) atoms. The van der Waals surface area contributed by atoms with E-state index in [1.807, 2.05) is 30.3 Å². The van der Waals surface area contributed by atoms with Crippen molar-refractivity contribution in [3.05, 3.63) is 35.9 Å². The molecule has 4 nitrogen and oxygen atoms in total. The number of ether oxygens (including phenoxy) is 1. The van der Waals surface area contributed by atoms with Crippen LogP contribution in [0.25, 0.3) is 0 Å². The summed E-state index contributed by atoms with van der Waals surface area (Å²) in [4.78, 5) is 11.2. The summed E-state index contributed by atoms with van der Waals surface area (Å²) >= 11 is 0. The molecular formula is C14H21NO3. The number of aliphatic carboxylic acids is 1. The van der Waals surface area contributed by atoms with Gasteiger partial charge in [-0.15, -0.1) is 0 Å². The summed E-state index contributed by atoms with van der Waals surface area (Å²) in [5.41, 5.74) is 0.842. The number of carboxylic acids is 1. The number of rotatable bonds is 9. The van der Waals surface area contributed by atoms with Gasteiger partial charge in [0.2, 0.25) is 0 Å². The molecule has 0 radical (unpaired) electrons. The van der Waals surface area contributed by atoms with Crippen molar-refractivity contribution in [3.8, 4) is 0 Å². The first-order valence-corrected chi connectivity index (χ1v) is 6.23. The molecule has 1 aromatic carbocycles. The monoisotopic (exact) mass is 251 g/mol. The minimum absolute atomic E-state index is 0.465. The lowest BCUT2D eigenvalue weighted by Crippen LogP contribution is -2.27. The zero-order valence-electron chi connectivity index (χ0n) is 10.8. The highest BCUT2D eigenvalue weighted by Gasteiger charge is 2.18. The third-order valence-electron chi connectivity index (χ3n) is 2.80. The molecule has 0 saturated carbocycles. The van der Waals surface area contributed by atoms with Gasteiger partial charge in [-0.1, -0.05) is 30.3 Å². The van der Waals surface area contributed by atoms with Gasteiger partial charge in [0.25, 0.3) is 0 Å². The predicted molar refractivity (Wildman–Crippen MR) is 70.8 cm³/mol. The Hall–Kier alpha value is -1.39. The summed E-state index contributed by atoms with van der Waals surface area (Å²) in [6.45, 7) is 2.04. The van der Waals surface area contributed by atoms with E-state index in [1.54, 1.807) is 7.11 Å². The average molecular weight is 251 g/mol. The Bertz CT molecular complexity index is 340. The number of carbonyl (C=O) groups is 1. The van der Waals surface area contributed by atoms with Crippen molar-refractivity contribution in [2.75, 3.05) is 26.8 Å². The lowest BCUT2D eigenvalue weighted by atomic mass is 9.99. The molecule has 1 rings (SSSR count). The van der Waals surface area contributed by atoms with Gasteiger partial charge in [0.05, 0.1) is 5.92 Å². The van der Waals surface area contributed by atoms with Crippen LogP contribution in [0.3, 0.4) is 0 Å². The molecule has 0 aliphatic rings. The number of methoxy groups -OCH3 is 1. The van der Waals surface area contributed by atoms with E-state index < -0.39 is 11.9 Å². The molecular weight excluding hydrogens is 230 g/mol. The fourth-order valence-electron chi connectivity index (χ4n) is 1.78. The normalized spacial score (nSPS) is 12.3. The van der Waals surface area contributed by atoms with Gasteiger partial charge in [-0.25, -0.2) is 0 Å². The SMILES string of the molecule is COCCCCNCC(C(=O)O)c1ccccc1. The van der Waals surface area contributed by atoms with Crippen LogP contribution in [0.1, 0.15) is 24.3 Å². The fraction of sp³-hybridized carbons (Fsp3) is 0.500. The lowest BCUT2D eigenvalue weighted by Gasteiger charge is -2.13. The topological polar surface area (TPSA) is 58.6 Å². The van der Waals surface area contributed by atoms with Crippen LogP contribution < -0.4 is 5.32 Å². The third-order valence-corrected chi connectivity index (χ3v) is 2.80. The maximum atomic E-state index is 11.2. The molecule has 0 spiro atoms. The summed E-state index contributed by atoms with van der Waals surface area (Å²) in [6, 6.07) is 9.32. The summed E-state index contributed by atoms with van der Waals surface area (Å²) in [5, 5.41) is 12.4. The minimum Gasteiger partial charge on any atom is -0.481 e. The van der Waals surface area contributed by atoms with Crippen molar-refractivity contribution in [3.63, 3.8) is 0 Å². The van der Waals surface area contributed by atoms with Crippen molar-refractivity contribution in [2.45, 2.75) is 18.8 Å². The van der Waals surface area contributed by atoms with Gasteiger partial charge in [0.15, 0.2) is 0 Å². The van der Waals surface area contributed by atoms with Crippen LogP contribution in [0.5, 0.6) is 0 Å². The first kappa shape index (κ1) is 14.7. The molecule has 2 N–H and O–H groups in total. The maximum absolute atomic E-state index is 11.2. The quantitative estimate of drug-likeness (QED) is 0.658. The number of carboxylic acid groups (broad SMARTS) is 1. The van der Waals surface area contributed by atoms with E-state index in [1.165, 1.54) is 0 Å². The fourth-order valence-corrected chi connectivity index (χ4v) is 1.78. The van der Waals surface area contributed by atoms with Crippen LogP contribution >= 0.6 is 0 Å². The largest absolute Gasteiger partial charge is 0.481 e. The van der Waals surface area contributed by atoms with Gasteiger partial charge >= 0.3 is 5.97 Å². The molecule has 4 heteroatoms. The Morgan fingerprint density at radius 1 is 1.33 bits per heavy atom. The molecule has 100 valence electrons. The van der Waals surface area contributed by atoms with Crippen molar-refractivity contribution in [1.82, 2.24) is 5.32 Å². The molecule has 1 unspecified atom stereocenters. The predicted octanol–water partition coefficient (Wildman–Crippen LogP) is 1.87. The maximum Gasteiger partial charge on any atom is 0.312 e. The molecule has 0 aliphatic heterocycles. The zero-order chi connectivity index (χ0) is 13.2. The molecule has 1 aromatic rings. The first-order chi connectivity index (χ1) is 8.75. The second kappa shape index (κ2) is 8.66. The Morgan fingerprint density at radius 3 is 2.67 bits per heavy atom. The molecule has 0 amide bonds. The first-order valence-electron chi connectivity index (χ1n) is 6.23. The lowest BCUT2D eigenvalue weighted by molar-refractivity contribution is -0.138. The van der Waals surface area contributed by atoms with Gasteiger partial charge in [0, 0.05) is 20.3 Å². The molecule has 1 atom stereocenters. The van der Waals surface area contributed by atoms with Gasteiger partial charge in [0.1, 0.15) is 0 Å². The Morgan fingerprint density at radius 2 is 2.06 bits per heavy atom. The molecule has 0 fully saturated rings. The molecule has 0 aromatic heterocycles. The van der Waals surface area contributed by atoms with Gasteiger partial charge in [-0.05, 0) is 24.9 Å². The highest BCUT2D eigenvalue weighted by molar-refractivity contribution is 5.76. The summed E-state index contributed by atoms with van der Waals surface area (Å²) in [5.74, 6) is -1.26. The van der Waals surface area contributed by atoms with Crippen LogP contribution in [-0.4, -0.2) is 37.9 Å². The number of nitrogens with one attached hydrogen (secondary N) is 1. The van der Waals surface area contributed by atoms with E-state index in [0.717, 1.165) is 31.6 Å². The smallest absolute Gasteiger partial charge is 0.312 e. The van der Waals surface area contributed by atoms with Crippen LogP contribution in [0.4, 0.5) is 0 Å². The number of hydrogen-bond donors (Lipinski definition) is 2. The van der Waals surface area contributed by atoms with Gasteiger partial charge in [-0.3, -0.25) is 4.79 Å². The van der Waals surface area contributed by atoms with Crippen molar-refractivity contribution in [2.24, 2.45) is 0 Å². The summed E-state index contributed by atoms with van der Waals surface area (Å²) < 4.78 is 4.96. The average Bonchev–Trinajstić information content (AvgIpc) is 2.38. The van der Waals surface area contributed by atoms with Crippen molar-refractivity contribution >= 4 is 5.97 Å². The second-order valence-electron chi connectivity index (χ2n) is 4.21. The second-order valence-corrected chi connectivity index (χ2v) is 4.21. The van der Waals surface area contributed by atoms with E-state index >= 15 is 0 Å². The Kier molecular flexibility index (Phi) is 7.06. The van der Waals surface area contributed by atoms with Crippen LogP contribution in [0, 0.1) is 0 Å². The van der Waals surface area contributed by atoms with E-state index in [9.17, 15) is 9.90 Å². The van der Waals surface area contributed by atoms with E-state index in [4.69, 9.17) is 4.74 Å². The zero-order valence-corrected chi connectivity index (χ0v) is 10.8. The van der Waals surface area contributed by atoms with Crippen molar-refractivity contribution in [1.29, 1.82) is 0 Å². The van der Waals surface area contributed by atoms with Gasteiger partial charge < -0.3 is 15.2 Å². The van der Waals surface area contributed by atoms with Gasteiger partial charge in [-0.2, -0.15) is 0 Å². The number of benzene rings is 1. The summed E-state index contributed by atoms with van der Waals surface area (Å²) in [6.07, 6.45) is 1.99. The van der Waals surface area contributed by atoms with Crippen molar-refractivity contribution < 1.29 is 14.6 Å². The highest BCUT2D eigenvalue weighted by Crippen LogP contribution is 2.14. The van der Waals surface area contributed by atoms with Crippen LogP contribution in [0.15, 0.2) is 30.3 Å². The van der Waals surface area contributed by atoms with E-state index in [2.05, 4.69) is 5.32 Å². The minimum atomic E-state index is -0.786. The standard InChI is InChI=1S/C14H21NO3/c1-18-10-6-5-9-15-11-13(14(16)17)12-7-3-2-4-8-12/h2-4,7-8,13,15H,5-6,9-11H2,1H3,(H,16,17). The van der Waals surface area contributed by atoms with Crippen LogP contribution in [0.2, 0.25) is 0 Å². The third kappa shape index (κ3) is 5.29. The molecule has 0 heterocycles. The molecule has 0 aliphatic carbocycles. The summed E-state index contributed by atoms with van der Waals surface area (Å²) in [7, 11) is 1.68. The van der Waals surface area contributed by atoms with E-state index in [-0.39, 0.29) is 0 Å². The number of unbranched alkanes of at least 4 members (excludes halogenated alkanes) is 1. The van der Waals surface area contributed by atoms with E-state index in [0.29, 0.717) is 6.54 Å². The molecule has 0 bridgehead atoms. The molecule has 0 saturated heterocycles. The number of hydrogen-bond acceptors (Lipinski definition) is 3. The Labute approximate surface area is 108 Å². The highest BCUT2D eigenvalue weighted by atomic mass is 16.5.